The average Bonchev–Trinajstić information content (AvgIpc) is 2.57. The molecule has 2 rings (SSSR count). The number of anilines is 1. The normalized spacial score (nSPS) is 10.7. The van der Waals surface area contributed by atoms with E-state index in [1.54, 1.807) is 13.8 Å². The number of carboxylic acids is 1. The van der Waals surface area contributed by atoms with Crippen molar-refractivity contribution in [1.82, 2.24) is 9.78 Å². The molecular weight excluding hydrogens is 273 g/mol. The van der Waals surface area contributed by atoms with Crippen molar-refractivity contribution in [3.63, 3.8) is 0 Å². The van der Waals surface area contributed by atoms with Crippen molar-refractivity contribution >= 4 is 23.3 Å². The molecule has 0 bridgehead atoms. The van der Waals surface area contributed by atoms with Crippen molar-refractivity contribution in [2.45, 2.75) is 13.8 Å². The molecule has 0 fully saturated rings. The standard InChI is InChI=1S/C12H11ClFN3O2/c1-5-11(13)6(2)17(16-5)10-3-7(12(18)19)9(15)4-8(10)14/h3-4H,15H2,1-2H3,(H,18,19). The Hall–Kier alpha value is -2.08. The minimum atomic E-state index is -1.23. The smallest absolute Gasteiger partial charge is 0.337 e. The first-order valence-electron chi connectivity index (χ1n) is 5.37. The molecule has 0 amide bonds. The number of nitrogen functional groups attached to an aromatic ring is 1. The molecule has 100 valence electrons. The van der Waals surface area contributed by atoms with Crippen LogP contribution in [0.1, 0.15) is 21.7 Å². The van der Waals surface area contributed by atoms with Gasteiger partial charge in [-0.25, -0.2) is 13.9 Å². The molecule has 3 N–H and O–H groups in total. The summed E-state index contributed by atoms with van der Waals surface area (Å²) in [7, 11) is 0. The maximum Gasteiger partial charge on any atom is 0.337 e. The summed E-state index contributed by atoms with van der Waals surface area (Å²) in [6.07, 6.45) is 0. The number of nitrogens with two attached hydrogens (primary N) is 1. The van der Waals surface area contributed by atoms with Gasteiger partial charge in [-0.05, 0) is 26.0 Å². The summed E-state index contributed by atoms with van der Waals surface area (Å²) in [5.74, 6) is -1.89. The topological polar surface area (TPSA) is 81.1 Å². The fourth-order valence-corrected chi connectivity index (χ4v) is 1.90. The molecule has 1 heterocycles. The molecule has 2 aromatic rings. The Labute approximate surface area is 113 Å². The van der Waals surface area contributed by atoms with E-state index in [-0.39, 0.29) is 16.9 Å². The number of rotatable bonds is 2. The fourth-order valence-electron chi connectivity index (χ4n) is 1.78. The van der Waals surface area contributed by atoms with Crippen LogP contribution < -0.4 is 5.73 Å². The van der Waals surface area contributed by atoms with Gasteiger partial charge in [0.2, 0.25) is 0 Å². The third kappa shape index (κ3) is 2.15. The zero-order valence-electron chi connectivity index (χ0n) is 10.2. The second kappa shape index (κ2) is 4.55. The highest BCUT2D eigenvalue weighted by molar-refractivity contribution is 6.31. The summed E-state index contributed by atoms with van der Waals surface area (Å²) < 4.78 is 15.2. The van der Waals surface area contributed by atoms with Gasteiger partial charge in [-0.3, -0.25) is 0 Å². The summed E-state index contributed by atoms with van der Waals surface area (Å²) in [6, 6.07) is 2.10. The van der Waals surface area contributed by atoms with Crippen LogP contribution in [-0.4, -0.2) is 20.9 Å². The molecule has 0 aliphatic heterocycles. The summed E-state index contributed by atoms with van der Waals surface area (Å²) in [5.41, 5.74) is 6.21. The lowest BCUT2D eigenvalue weighted by Gasteiger charge is -2.09. The highest BCUT2D eigenvalue weighted by Crippen LogP contribution is 2.26. The van der Waals surface area contributed by atoms with E-state index < -0.39 is 11.8 Å². The Morgan fingerprint density at radius 1 is 1.47 bits per heavy atom. The second-order valence-corrected chi connectivity index (χ2v) is 4.47. The number of carbonyl (C=O) groups is 1. The summed E-state index contributed by atoms with van der Waals surface area (Å²) >= 11 is 5.99. The van der Waals surface area contributed by atoms with Crippen molar-refractivity contribution in [3.8, 4) is 5.69 Å². The van der Waals surface area contributed by atoms with Gasteiger partial charge in [0.25, 0.3) is 0 Å². The average molecular weight is 284 g/mol. The zero-order valence-corrected chi connectivity index (χ0v) is 11.0. The quantitative estimate of drug-likeness (QED) is 0.830. The lowest BCUT2D eigenvalue weighted by Crippen LogP contribution is -2.08. The van der Waals surface area contributed by atoms with Gasteiger partial charge in [-0.1, -0.05) is 11.6 Å². The number of hydrogen-bond acceptors (Lipinski definition) is 3. The molecule has 0 saturated carbocycles. The predicted molar refractivity (Wildman–Crippen MR) is 69.4 cm³/mol. The number of benzene rings is 1. The van der Waals surface area contributed by atoms with Crippen molar-refractivity contribution in [3.05, 3.63) is 39.9 Å². The molecule has 0 aliphatic carbocycles. The van der Waals surface area contributed by atoms with Gasteiger partial charge in [0.15, 0.2) is 5.82 Å². The van der Waals surface area contributed by atoms with Gasteiger partial charge in [0.1, 0.15) is 5.69 Å². The summed E-state index contributed by atoms with van der Waals surface area (Å²) in [6.45, 7) is 3.34. The zero-order chi connectivity index (χ0) is 14.3. The maximum absolute atomic E-state index is 13.9. The van der Waals surface area contributed by atoms with Crippen molar-refractivity contribution in [2.75, 3.05) is 5.73 Å². The van der Waals surface area contributed by atoms with Crippen molar-refractivity contribution in [1.29, 1.82) is 0 Å². The molecule has 7 heteroatoms. The van der Waals surface area contributed by atoms with E-state index in [2.05, 4.69) is 5.10 Å². The van der Waals surface area contributed by atoms with Gasteiger partial charge in [-0.2, -0.15) is 5.10 Å². The van der Waals surface area contributed by atoms with Crippen LogP contribution in [0.25, 0.3) is 5.69 Å². The molecule has 0 radical (unpaired) electrons. The van der Waals surface area contributed by atoms with Crippen LogP contribution in [0.5, 0.6) is 0 Å². The molecule has 1 aromatic heterocycles. The number of nitrogens with zero attached hydrogens (tertiary/aromatic N) is 2. The first-order chi connectivity index (χ1) is 8.82. The molecular formula is C12H11ClFN3O2. The first kappa shape index (κ1) is 13.4. The fraction of sp³-hybridized carbons (Fsp3) is 0.167. The second-order valence-electron chi connectivity index (χ2n) is 4.09. The van der Waals surface area contributed by atoms with Gasteiger partial charge in [0.05, 0.1) is 22.0 Å². The minimum absolute atomic E-state index is 0.000833. The van der Waals surface area contributed by atoms with Crippen molar-refractivity contribution in [2.24, 2.45) is 0 Å². The van der Waals surface area contributed by atoms with E-state index in [4.69, 9.17) is 22.4 Å². The molecule has 19 heavy (non-hydrogen) atoms. The Kier molecular flexibility index (Phi) is 3.20. The van der Waals surface area contributed by atoms with Gasteiger partial charge >= 0.3 is 5.97 Å². The third-order valence-corrected chi connectivity index (χ3v) is 3.33. The highest BCUT2D eigenvalue weighted by atomic mass is 35.5. The molecule has 0 spiro atoms. The van der Waals surface area contributed by atoms with Crippen LogP contribution in [0.15, 0.2) is 12.1 Å². The minimum Gasteiger partial charge on any atom is -0.478 e. The number of aromatic carboxylic acids is 1. The van der Waals surface area contributed by atoms with Crippen LogP contribution in [0.3, 0.4) is 0 Å². The Bertz CT molecular complexity index is 682. The molecule has 1 aromatic carbocycles. The predicted octanol–water partition coefficient (Wildman–Crippen LogP) is 2.56. The van der Waals surface area contributed by atoms with E-state index in [0.717, 1.165) is 12.1 Å². The van der Waals surface area contributed by atoms with Crippen LogP contribution in [0.2, 0.25) is 5.02 Å². The molecule has 0 aliphatic rings. The maximum atomic E-state index is 13.9. The number of aryl methyl sites for hydroxylation is 1. The number of hydrogen-bond donors (Lipinski definition) is 2. The summed E-state index contributed by atoms with van der Waals surface area (Å²) in [5, 5.41) is 13.5. The van der Waals surface area contributed by atoms with E-state index in [0.29, 0.717) is 16.4 Å². The summed E-state index contributed by atoms with van der Waals surface area (Å²) in [4.78, 5) is 11.0. The Morgan fingerprint density at radius 3 is 2.58 bits per heavy atom. The largest absolute Gasteiger partial charge is 0.478 e. The van der Waals surface area contributed by atoms with Gasteiger partial charge in [0, 0.05) is 5.69 Å². The SMILES string of the molecule is Cc1nn(-c2cc(C(=O)O)c(N)cc2F)c(C)c1Cl. The lowest BCUT2D eigenvalue weighted by atomic mass is 10.1. The first-order valence-corrected chi connectivity index (χ1v) is 5.75. The van der Waals surface area contributed by atoms with Crippen molar-refractivity contribution < 1.29 is 14.3 Å². The van der Waals surface area contributed by atoms with Crippen LogP contribution in [0, 0.1) is 19.7 Å². The number of halogens is 2. The van der Waals surface area contributed by atoms with Crippen LogP contribution in [-0.2, 0) is 0 Å². The molecule has 5 nitrogen and oxygen atoms in total. The molecule has 0 atom stereocenters. The number of carboxylic acid groups (broad SMARTS) is 1. The highest BCUT2D eigenvalue weighted by Gasteiger charge is 2.18. The number of aromatic nitrogens is 2. The van der Waals surface area contributed by atoms with Gasteiger partial charge in [-0.15, -0.1) is 0 Å². The van der Waals surface area contributed by atoms with Crippen LogP contribution in [0.4, 0.5) is 10.1 Å². The van der Waals surface area contributed by atoms with E-state index in [9.17, 15) is 9.18 Å². The lowest BCUT2D eigenvalue weighted by molar-refractivity contribution is 0.0698. The van der Waals surface area contributed by atoms with Gasteiger partial charge < -0.3 is 10.8 Å². The van der Waals surface area contributed by atoms with E-state index >= 15 is 0 Å². The monoisotopic (exact) mass is 283 g/mol. The molecule has 0 saturated heterocycles. The van der Waals surface area contributed by atoms with E-state index in [1.807, 2.05) is 0 Å². The van der Waals surface area contributed by atoms with E-state index in [1.165, 1.54) is 4.68 Å². The Morgan fingerprint density at radius 2 is 2.11 bits per heavy atom. The molecule has 0 unspecified atom stereocenters. The third-order valence-electron chi connectivity index (χ3n) is 2.78. The Balaban J connectivity index is 2.71. The van der Waals surface area contributed by atoms with Crippen LogP contribution >= 0.6 is 11.6 Å².